The fraction of sp³-hybridized carbons (Fsp3) is 0.333. The minimum atomic E-state index is -1.10. The molecule has 0 amide bonds. The van der Waals surface area contributed by atoms with Crippen LogP contribution in [0.15, 0.2) is 18.2 Å². The molecule has 0 saturated heterocycles. The molecule has 0 aliphatic rings. The number of aliphatic hydroxyl groups excluding tert-OH is 1. The van der Waals surface area contributed by atoms with E-state index in [1.807, 2.05) is 0 Å². The number of aliphatic hydroxyl groups is 1. The largest absolute Gasteiger partial charge is 0.386 e. The molecule has 0 aromatic heterocycles. The van der Waals surface area contributed by atoms with E-state index in [0.29, 0.717) is 10.6 Å². The highest BCUT2D eigenvalue weighted by Gasteiger charge is 2.12. The number of aryl methyl sites for hydroxylation is 1. The van der Waals surface area contributed by atoms with Crippen molar-refractivity contribution in [3.05, 3.63) is 34.3 Å². The molecular formula is C9H10ClFO. The molecule has 0 fully saturated rings. The van der Waals surface area contributed by atoms with Gasteiger partial charge in [-0.05, 0) is 18.6 Å². The van der Waals surface area contributed by atoms with Gasteiger partial charge >= 0.3 is 0 Å². The SMILES string of the molecule is Cc1cccc(Cl)c1C(O)CF. The molecule has 1 N–H and O–H groups in total. The normalized spacial score (nSPS) is 13.0. The summed E-state index contributed by atoms with van der Waals surface area (Å²) in [5.74, 6) is 0. The van der Waals surface area contributed by atoms with Gasteiger partial charge in [-0.2, -0.15) is 0 Å². The lowest BCUT2D eigenvalue weighted by Gasteiger charge is -2.11. The van der Waals surface area contributed by atoms with Gasteiger partial charge in [-0.25, -0.2) is 4.39 Å². The first-order valence-corrected chi connectivity index (χ1v) is 4.03. The lowest BCUT2D eigenvalue weighted by molar-refractivity contribution is 0.141. The van der Waals surface area contributed by atoms with Gasteiger partial charge in [0.15, 0.2) is 0 Å². The van der Waals surface area contributed by atoms with Gasteiger partial charge in [0.1, 0.15) is 12.8 Å². The molecule has 0 aliphatic heterocycles. The maximum Gasteiger partial charge on any atom is 0.120 e. The zero-order chi connectivity index (χ0) is 9.14. The first-order chi connectivity index (χ1) is 5.66. The third-order valence-corrected chi connectivity index (χ3v) is 2.08. The van der Waals surface area contributed by atoms with E-state index in [0.717, 1.165) is 5.56 Å². The maximum absolute atomic E-state index is 12.1. The maximum atomic E-state index is 12.1. The minimum Gasteiger partial charge on any atom is -0.386 e. The van der Waals surface area contributed by atoms with Crippen molar-refractivity contribution in [1.29, 1.82) is 0 Å². The molecule has 0 saturated carbocycles. The van der Waals surface area contributed by atoms with E-state index in [1.54, 1.807) is 25.1 Å². The van der Waals surface area contributed by atoms with Crippen LogP contribution in [0.2, 0.25) is 5.02 Å². The van der Waals surface area contributed by atoms with Crippen molar-refractivity contribution in [3.63, 3.8) is 0 Å². The molecule has 0 spiro atoms. The second-order valence-electron chi connectivity index (χ2n) is 2.64. The van der Waals surface area contributed by atoms with E-state index in [1.165, 1.54) is 0 Å². The Morgan fingerprint density at radius 3 is 2.75 bits per heavy atom. The first-order valence-electron chi connectivity index (χ1n) is 3.66. The number of halogens is 2. The van der Waals surface area contributed by atoms with Crippen LogP contribution in [0, 0.1) is 6.92 Å². The Kier molecular flexibility index (Phi) is 3.06. The number of hydrogen-bond donors (Lipinski definition) is 1. The predicted octanol–water partition coefficient (Wildman–Crippen LogP) is 2.65. The summed E-state index contributed by atoms with van der Waals surface area (Å²) in [7, 11) is 0. The molecule has 3 heteroatoms. The van der Waals surface area contributed by atoms with Crippen LogP contribution in [-0.4, -0.2) is 11.8 Å². The van der Waals surface area contributed by atoms with Crippen LogP contribution in [0.5, 0.6) is 0 Å². The van der Waals surface area contributed by atoms with Gasteiger partial charge in [-0.15, -0.1) is 0 Å². The van der Waals surface area contributed by atoms with Crippen LogP contribution in [0.1, 0.15) is 17.2 Å². The highest BCUT2D eigenvalue weighted by Crippen LogP contribution is 2.26. The van der Waals surface area contributed by atoms with Crippen LogP contribution in [0.4, 0.5) is 4.39 Å². The van der Waals surface area contributed by atoms with Gasteiger partial charge in [-0.1, -0.05) is 23.7 Å². The number of alkyl halides is 1. The van der Waals surface area contributed by atoms with Gasteiger partial charge in [-0.3, -0.25) is 0 Å². The van der Waals surface area contributed by atoms with E-state index in [9.17, 15) is 9.50 Å². The van der Waals surface area contributed by atoms with Crippen molar-refractivity contribution in [3.8, 4) is 0 Å². The third-order valence-electron chi connectivity index (χ3n) is 1.75. The molecule has 1 aromatic carbocycles. The summed E-state index contributed by atoms with van der Waals surface area (Å²) in [6.07, 6.45) is -1.10. The molecule has 0 radical (unpaired) electrons. The molecule has 1 rings (SSSR count). The molecule has 1 nitrogen and oxygen atoms in total. The monoisotopic (exact) mass is 188 g/mol. The van der Waals surface area contributed by atoms with Crippen molar-refractivity contribution in [1.82, 2.24) is 0 Å². The second-order valence-corrected chi connectivity index (χ2v) is 3.05. The molecule has 1 unspecified atom stereocenters. The quantitative estimate of drug-likeness (QED) is 0.757. The van der Waals surface area contributed by atoms with Crippen molar-refractivity contribution in [2.45, 2.75) is 13.0 Å². The highest BCUT2D eigenvalue weighted by molar-refractivity contribution is 6.31. The van der Waals surface area contributed by atoms with Crippen LogP contribution >= 0.6 is 11.6 Å². The molecule has 0 heterocycles. The standard InChI is InChI=1S/C9H10ClFO/c1-6-3-2-4-7(10)9(6)8(12)5-11/h2-4,8,12H,5H2,1H3. The van der Waals surface area contributed by atoms with Crippen molar-refractivity contribution >= 4 is 11.6 Å². The Morgan fingerprint density at radius 1 is 1.58 bits per heavy atom. The number of hydrogen-bond acceptors (Lipinski definition) is 1. The Hall–Kier alpha value is -0.600. The lowest BCUT2D eigenvalue weighted by atomic mass is 10.0. The molecule has 1 aromatic rings. The average molecular weight is 189 g/mol. The smallest absolute Gasteiger partial charge is 0.120 e. The summed E-state index contributed by atoms with van der Waals surface area (Å²) < 4.78 is 12.1. The van der Waals surface area contributed by atoms with E-state index in [-0.39, 0.29) is 0 Å². The van der Waals surface area contributed by atoms with Crippen molar-refractivity contribution in [2.24, 2.45) is 0 Å². The number of rotatable bonds is 2. The fourth-order valence-electron chi connectivity index (χ4n) is 1.14. The minimum absolute atomic E-state index is 0.417. The number of benzene rings is 1. The topological polar surface area (TPSA) is 20.2 Å². The summed E-state index contributed by atoms with van der Waals surface area (Å²) in [6, 6.07) is 5.20. The molecule has 66 valence electrons. The third kappa shape index (κ3) is 1.76. The summed E-state index contributed by atoms with van der Waals surface area (Å²) >= 11 is 5.78. The van der Waals surface area contributed by atoms with Crippen LogP contribution in [0.3, 0.4) is 0 Å². The van der Waals surface area contributed by atoms with Crippen LogP contribution < -0.4 is 0 Å². The van der Waals surface area contributed by atoms with E-state index >= 15 is 0 Å². The van der Waals surface area contributed by atoms with Crippen LogP contribution in [0.25, 0.3) is 0 Å². The lowest BCUT2D eigenvalue weighted by Crippen LogP contribution is -2.02. The highest BCUT2D eigenvalue weighted by atomic mass is 35.5. The summed E-state index contributed by atoms with van der Waals surface area (Å²) in [5, 5.41) is 9.65. The molecule has 12 heavy (non-hydrogen) atoms. The molecule has 0 bridgehead atoms. The summed E-state index contributed by atoms with van der Waals surface area (Å²) in [6.45, 7) is 0.991. The van der Waals surface area contributed by atoms with Gasteiger partial charge in [0.2, 0.25) is 0 Å². The van der Waals surface area contributed by atoms with Crippen molar-refractivity contribution < 1.29 is 9.50 Å². The Bertz CT molecular complexity index is 255. The molecule has 0 aliphatic carbocycles. The predicted molar refractivity (Wildman–Crippen MR) is 47.1 cm³/mol. The zero-order valence-corrected chi connectivity index (χ0v) is 7.48. The van der Waals surface area contributed by atoms with Gasteiger partial charge in [0.25, 0.3) is 0 Å². The van der Waals surface area contributed by atoms with E-state index < -0.39 is 12.8 Å². The second kappa shape index (κ2) is 3.87. The Labute approximate surface area is 75.8 Å². The molecule has 1 atom stereocenters. The van der Waals surface area contributed by atoms with Crippen LogP contribution in [-0.2, 0) is 0 Å². The molecular weight excluding hydrogens is 179 g/mol. The Balaban J connectivity index is 3.12. The zero-order valence-electron chi connectivity index (χ0n) is 6.72. The summed E-state index contributed by atoms with van der Waals surface area (Å²) in [5.41, 5.74) is 1.30. The van der Waals surface area contributed by atoms with E-state index in [2.05, 4.69) is 0 Å². The first kappa shape index (κ1) is 9.49. The van der Waals surface area contributed by atoms with E-state index in [4.69, 9.17) is 11.6 Å². The van der Waals surface area contributed by atoms with Crippen molar-refractivity contribution in [2.75, 3.05) is 6.67 Å². The van der Waals surface area contributed by atoms with Gasteiger partial charge in [0.05, 0.1) is 0 Å². The average Bonchev–Trinajstić information content (AvgIpc) is 2.03. The summed E-state index contributed by atoms with van der Waals surface area (Å²) in [4.78, 5) is 0. The fourth-order valence-corrected chi connectivity index (χ4v) is 1.49. The Morgan fingerprint density at radius 2 is 2.25 bits per heavy atom. The van der Waals surface area contributed by atoms with Gasteiger partial charge in [0, 0.05) is 10.6 Å². The van der Waals surface area contributed by atoms with Gasteiger partial charge < -0.3 is 5.11 Å².